The summed E-state index contributed by atoms with van der Waals surface area (Å²) < 4.78 is 6.01. The van der Waals surface area contributed by atoms with Gasteiger partial charge in [-0.05, 0) is 58.1 Å². The fraction of sp³-hybridized carbons (Fsp3) is 0.348. The van der Waals surface area contributed by atoms with Crippen molar-refractivity contribution in [1.82, 2.24) is 0 Å². The SMILES string of the molecule is CC1=CCC[C@H](c2c(O)cc(C(=O)c3ccccc3)cc2OC(C)C)C1. The van der Waals surface area contributed by atoms with Gasteiger partial charge in [-0.25, -0.2) is 0 Å². The molecule has 0 aromatic heterocycles. The molecule has 1 aliphatic carbocycles. The van der Waals surface area contributed by atoms with Gasteiger partial charge < -0.3 is 9.84 Å². The lowest BCUT2D eigenvalue weighted by Gasteiger charge is -2.26. The molecule has 1 aliphatic rings. The molecule has 0 heterocycles. The van der Waals surface area contributed by atoms with E-state index in [2.05, 4.69) is 13.0 Å². The molecule has 0 saturated heterocycles. The molecule has 0 saturated carbocycles. The van der Waals surface area contributed by atoms with Gasteiger partial charge in [0.15, 0.2) is 5.78 Å². The zero-order valence-electron chi connectivity index (χ0n) is 15.7. The molecule has 136 valence electrons. The standard InChI is InChI=1S/C23H26O3/c1-15(2)26-21-14-19(23(25)17-9-5-4-6-10-17)13-20(24)22(21)18-11-7-8-16(3)12-18/h4-6,8-10,13-15,18,24H,7,11-12H2,1-3H3/t18-/m0/s1. The highest BCUT2D eigenvalue weighted by Gasteiger charge is 2.25. The van der Waals surface area contributed by atoms with Gasteiger partial charge in [-0.3, -0.25) is 4.79 Å². The van der Waals surface area contributed by atoms with Crippen LogP contribution in [-0.4, -0.2) is 17.0 Å². The summed E-state index contributed by atoms with van der Waals surface area (Å²) in [5, 5.41) is 10.8. The van der Waals surface area contributed by atoms with Crippen LogP contribution < -0.4 is 4.74 Å². The van der Waals surface area contributed by atoms with Crippen molar-refractivity contribution in [1.29, 1.82) is 0 Å². The number of hydrogen-bond acceptors (Lipinski definition) is 3. The van der Waals surface area contributed by atoms with E-state index in [1.165, 1.54) is 5.57 Å². The van der Waals surface area contributed by atoms with E-state index in [1.807, 2.05) is 32.0 Å². The van der Waals surface area contributed by atoms with Crippen LogP contribution in [0.15, 0.2) is 54.1 Å². The minimum absolute atomic E-state index is 0.0320. The summed E-state index contributed by atoms with van der Waals surface area (Å²) in [6.07, 6.45) is 5.11. The normalized spacial score (nSPS) is 17.1. The highest BCUT2D eigenvalue weighted by molar-refractivity contribution is 6.09. The van der Waals surface area contributed by atoms with Crippen LogP contribution in [0, 0.1) is 0 Å². The smallest absolute Gasteiger partial charge is 0.193 e. The molecule has 0 bridgehead atoms. The number of ether oxygens (including phenoxy) is 1. The van der Waals surface area contributed by atoms with E-state index in [9.17, 15) is 9.90 Å². The molecule has 2 aromatic carbocycles. The second kappa shape index (κ2) is 7.77. The average Bonchev–Trinajstić information content (AvgIpc) is 2.61. The number of aromatic hydroxyl groups is 1. The van der Waals surface area contributed by atoms with Crippen molar-refractivity contribution < 1.29 is 14.6 Å². The maximum absolute atomic E-state index is 12.8. The van der Waals surface area contributed by atoms with Gasteiger partial charge >= 0.3 is 0 Å². The van der Waals surface area contributed by atoms with Gasteiger partial charge in [-0.2, -0.15) is 0 Å². The molecule has 26 heavy (non-hydrogen) atoms. The Kier molecular flexibility index (Phi) is 5.46. The Balaban J connectivity index is 2.03. The number of carbonyl (C=O) groups is 1. The van der Waals surface area contributed by atoms with E-state index < -0.39 is 0 Å². The molecule has 1 N–H and O–H groups in total. The molecule has 3 nitrogen and oxygen atoms in total. The summed E-state index contributed by atoms with van der Waals surface area (Å²) in [5.74, 6) is 0.886. The summed E-state index contributed by atoms with van der Waals surface area (Å²) in [6.45, 7) is 6.04. The molecule has 3 heteroatoms. The summed E-state index contributed by atoms with van der Waals surface area (Å²) in [7, 11) is 0. The summed E-state index contributed by atoms with van der Waals surface area (Å²) in [5.41, 5.74) is 3.22. The highest BCUT2D eigenvalue weighted by Crippen LogP contribution is 2.43. The first-order chi connectivity index (χ1) is 12.5. The van der Waals surface area contributed by atoms with Gasteiger partial charge in [0.1, 0.15) is 11.5 Å². The fourth-order valence-corrected chi connectivity index (χ4v) is 3.61. The number of phenolic OH excluding ortho intramolecular Hbond substituents is 1. The number of allylic oxidation sites excluding steroid dienone is 2. The van der Waals surface area contributed by atoms with Gasteiger partial charge in [-0.15, -0.1) is 0 Å². The topological polar surface area (TPSA) is 46.5 Å². The molecule has 0 amide bonds. The zero-order valence-corrected chi connectivity index (χ0v) is 15.7. The lowest BCUT2D eigenvalue weighted by molar-refractivity contribution is 0.103. The third-order valence-electron chi connectivity index (χ3n) is 4.77. The van der Waals surface area contributed by atoms with Crippen LogP contribution in [-0.2, 0) is 0 Å². The van der Waals surface area contributed by atoms with Crippen LogP contribution in [0.5, 0.6) is 11.5 Å². The monoisotopic (exact) mass is 350 g/mol. The van der Waals surface area contributed by atoms with E-state index in [1.54, 1.807) is 24.3 Å². The first-order valence-electron chi connectivity index (χ1n) is 9.24. The maximum Gasteiger partial charge on any atom is 0.193 e. The first kappa shape index (κ1) is 18.2. The van der Waals surface area contributed by atoms with E-state index in [-0.39, 0.29) is 23.6 Å². The molecule has 0 spiro atoms. The summed E-state index contributed by atoms with van der Waals surface area (Å²) in [4.78, 5) is 12.8. The molecule has 1 atom stereocenters. The van der Waals surface area contributed by atoms with Crippen LogP contribution >= 0.6 is 0 Å². The Morgan fingerprint density at radius 1 is 1.15 bits per heavy atom. The predicted molar refractivity (Wildman–Crippen MR) is 104 cm³/mol. The Bertz CT molecular complexity index is 819. The molecule has 2 aromatic rings. The Morgan fingerprint density at radius 2 is 1.88 bits per heavy atom. The van der Waals surface area contributed by atoms with Gasteiger partial charge in [0.25, 0.3) is 0 Å². The van der Waals surface area contributed by atoms with Crippen molar-refractivity contribution >= 4 is 5.78 Å². The van der Waals surface area contributed by atoms with Crippen molar-refractivity contribution in [2.24, 2.45) is 0 Å². The maximum atomic E-state index is 12.8. The lowest BCUT2D eigenvalue weighted by atomic mass is 9.82. The van der Waals surface area contributed by atoms with Crippen LogP contribution in [0.3, 0.4) is 0 Å². The lowest BCUT2D eigenvalue weighted by Crippen LogP contribution is -2.13. The number of benzene rings is 2. The quantitative estimate of drug-likeness (QED) is 0.562. The Morgan fingerprint density at radius 3 is 2.54 bits per heavy atom. The number of phenols is 1. The average molecular weight is 350 g/mol. The number of carbonyl (C=O) groups excluding carboxylic acids is 1. The van der Waals surface area contributed by atoms with Crippen LogP contribution in [0.2, 0.25) is 0 Å². The Labute approximate surface area is 155 Å². The molecule has 0 fully saturated rings. The third-order valence-corrected chi connectivity index (χ3v) is 4.77. The fourth-order valence-electron chi connectivity index (χ4n) is 3.61. The summed E-state index contributed by atoms with van der Waals surface area (Å²) in [6, 6.07) is 12.5. The molecule has 0 unspecified atom stereocenters. The van der Waals surface area contributed by atoms with Crippen molar-refractivity contribution in [2.45, 2.75) is 52.1 Å². The minimum atomic E-state index is -0.110. The number of rotatable bonds is 5. The number of hydrogen-bond donors (Lipinski definition) is 1. The van der Waals surface area contributed by atoms with E-state index in [4.69, 9.17) is 4.74 Å². The third kappa shape index (κ3) is 3.98. The number of ketones is 1. The van der Waals surface area contributed by atoms with Crippen LogP contribution in [0.25, 0.3) is 0 Å². The zero-order chi connectivity index (χ0) is 18.7. The van der Waals surface area contributed by atoms with Crippen molar-refractivity contribution in [3.8, 4) is 11.5 Å². The second-order valence-electron chi connectivity index (χ2n) is 7.30. The van der Waals surface area contributed by atoms with Crippen LogP contribution in [0.1, 0.15) is 67.4 Å². The Hall–Kier alpha value is -2.55. The van der Waals surface area contributed by atoms with Gasteiger partial charge in [0, 0.05) is 16.7 Å². The van der Waals surface area contributed by atoms with Gasteiger partial charge in [0.05, 0.1) is 6.10 Å². The molecule has 0 radical (unpaired) electrons. The minimum Gasteiger partial charge on any atom is -0.507 e. The molecular weight excluding hydrogens is 324 g/mol. The van der Waals surface area contributed by atoms with Gasteiger partial charge in [-0.1, -0.05) is 42.0 Å². The van der Waals surface area contributed by atoms with Crippen molar-refractivity contribution in [2.75, 3.05) is 0 Å². The van der Waals surface area contributed by atoms with Crippen molar-refractivity contribution in [3.05, 3.63) is 70.8 Å². The van der Waals surface area contributed by atoms with E-state index >= 15 is 0 Å². The van der Waals surface area contributed by atoms with E-state index in [0.717, 1.165) is 24.8 Å². The van der Waals surface area contributed by atoms with Gasteiger partial charge in [0.2, 0.25) is 0 Å². The molecule has 0 aliphatic heterocycles. The second-order valence-corrected chi connectivity index (χ2v) is 7.30. The molecular formula is C23H26O3. The summed E-state index contributed by atoms with van der Waals surface area (Å²) >= 11 is 0. The first-order valence-corrected chi connectivity index (χ1v) is 9.24. The largest absolute Gasteiger partial charge is 0.507 e. The molecule has 3 rings (SSSR count). The van der Waals surface area contributed by atoms with E-state index in [0.29, 0.717) is 16.9 Å². The highest BCUT2D eigenvalue weighted by atomic mass is 16.5. The van der Waals surface area contributed by atoms with Crippen molar-refractivity contribution in [3.63, 3.8) is 0 Å². The predicted octanol–water partition coefficient (Wildman–Crippen LogP) is 5.62. The van der Waals surface area contributed by atoms with Crippen LogP contribution in [0.4, 0.5) is 0 Å².